The Morgan fingerprint density at radius 3 is 2.56 bits per heavy atom. The number of hydrogen-bond donors (Lipinski definition) is 1. The van der Waals surface area contributed by atoms with E-state index < -0.39 is 0 Å². The summed E-state index contributed by atoms with van der Waals surface area (Å²) in [5.41, 5.74) is 4.21. The van der Waals surface area contributed by atoms with Gasteiger partial charge in [0.15, 0.2) is 0 Å². The van der Waals surface area contributed by atoms with E-state index in [1.165, 1.54) is 12.8 Å². The molecule has 4 nitrogen and oxygen atoms in total. The summed E-state index contributed by atoms with van der Waals surface area (Å²) in [4.78, 5) is 9.07. The van der Waals surface area contributed by atoms with Crippen molar-refractivity contribution in [2.45, 2.75) is 39.7 Å². The minimum atomic E-state index is 0.601. The van der Waals surface area contributed by atoms with Crippen molar-refractivity contribution in [2.75, 3.05) is 5.32 Å². The van der Waals surface area contributed by atoms with Gasteiger partial charge in [0.25, 0.3) is 0 Å². The molecule has 1 saturated carbocycles. The molecule has 94 valence electrons. The van der Waals surface area contributed by atoms with Gasteiger partial charge in [-0.3, -0.25) is 9.55 Å². The van der Waals surface area contributed by atoms with Crippen LogP contribution in [0.3, 0.4) is 0 Å². The average Bonchev–Trinajstić information content (AvgIpc) is 3.03. The number of pyridine rings is 1. The second-order valence-electron chi connectivity index (χ2n) is 5.05. The minimum absolute atomic E-state index is 0.601. The van der Waals surface area contributed by atoms with Crippen LogP contribution in [0.5, 0.6) is 0 Å². The maximum absolute atomic E-state index is 4.55. The van der Waals surface area contributed by atoms with Crippen LogP contribution < -0.4 is 5.32 Å². The lowest BCUT2D eigenvalue weighted by atomic mass is 10.2. The normalized spacial score (nSPS) is 14.8. The highest BCUT2D eigenvalue weighted by atomic mass is 15.2. The van der Waals surface area contributed by atoms with Crippen molar-refractivity contribution in [3.05, 3.63) is 35.4 Å². The summed E-state index contributed by atoms with van der Waals surface area (Å²) in [5.74, 6) is 0.934. The Morgan fingerprint density at radius 2 is 1.89 bits per heavy atom. The van der Waals surface area contributed by atoms with Crippen molar-refractivity contribution in [3.8, 4) is 5.69 Å². The largest absolute Gasteiger partial charge is 0.353 e. The fraction of sp³-hybridized carbons (Fsp3) is 0.429. The van der Waals surface area contributed by atoms with Crippen LogP contribution in [-0.4, -0.2) is 20.6 Å². The number of hydrogen-bond acceptors (Lipinski definition) is 3. The van der Waals surface area contributed by atoms with E-state index >= 15 is 0 Å². The zero-order valence-corrected chi connectivity index (χ0v) is 11.1. The molecule has 0 atom stereocenters. The van der Waals surface area contributed by atoms with E-state index in [-0.39, 0.29) is 0 Å². The molecule has 0 saturated heterocycles. The Hall–Kier alpha value is -1.84. The number of aryl methyl sites for hydroxylation is 3. The van der Waals surface area contributed by atoms with Crippen LogP contribution in [-0.2, 0) is 0 Å². The van der Waals surface area contributed by atoms with Crippen LogP contribution in [0, 0.1) is 20.8 Å². The number of nitrogens with zero attached hydrogens (tertiary/aromatic N) is 3. The van der Waals surface area contributed by atoms with Crippen molar-refractivity contribution in [2.24, 2.45) is 0 Å². The molecule has 2 aromatic heterocycles. The predicted octanol–water partition coefficient (Wildman–Crippen LogP) is 2.77. The maximum Gasteiger partial charge on any atom is 0.208 e. The topological polar surface area (TPSA) is 42.7 Å². The molecule has 0 amide bonds. The minimum Gasteiger partial charge on any atom is -0.353 e. The molecule has 4 heteroatoms. The zero-order valence-electron chi connectivity index (χ0n) is 11.1. The van der Waals surface area contributed by atoms with Gasteiger partial charge in [0.1, 0.15) is 0 Å². The highest BCUT2D eigenvalue weighted by Crippen LogP contribution is 2.26. The molecule has 1 N–H and O–H groups in total. The number of imidazole rings is 1. The fourth-order valence-corrected chi connectivity index (χ4v) is 2.13. The van der Waals surface area contributed by atoms with Gasteiger partial charge in [-0.05, 0) is 45.7 Å². The Kier molecular flexibility index (Phi) is 2.58. The summed E-state index contributed by atoms with van der Waals surface area (Å²) >= 11 is 0. The van der Waals surface area contributed by atoms with Gasteiger partial charge in [0, 0.05) is 17.9 Å². The monoisotopic (exact) mass is 242 g/mol. The van der Waals surface area contributed by atoms with E-state index in [1.807, 2.05) is 26.8 Å². The molecule has 18 heavy (non-hydrogen) atoms. The maximum atomic E-state index is 4.55. The van der Waals surface area contributed by atoms with Crippen LogP contribution in [0.2, 0.25) is 0 Å². The standard InChI is InChI=1S/C14H18N4/c1-9-4-7-13(11(3)15-9)18-8-10(2)16-14(18)17-12-5-6-12/h4,7-8,12H,5-6H2,1-3H3,(H,16,17). The second kappa shape index (κ2) is 4.12. The lowest BCUT2D eigenvalue weighted by Gasteiger charge is -2.11. The number of rotatable bonds is 3. The van der Waals surface area contributed by atoms with Crippen molar-refractivity contribution < 1.29 is 0 Å². The molecule has 0 bridgehead atoms. The zero-order chi connectivity index (χ0) is 12.7. The molecule has 1 aliphatic rings. The second-order valence-corrected chi connectivity index (χ2v) is 5.05. The quantitative estimate of drug-likeness (QED) is 0.900. The van der Waals surface area contributed by atoms with Gasteiger partial charge < -0.3 is 5.32 Å². The lowest BCUT2D eigenvalue weighted by Crippen LogP contribution is -2.09. The van der Waals surface area contributed by atoms with Crippen molar-refractivity contribution >= 4 is 5.95 Å². The summed E-state index contributed by atoms with van der Waals surface area (Å²) in [6.07, 6.45) is 4.55. The number of aromatic nitrogens is 3. The van der Waals surface area contributed by atoms with Gasteiger partial charge in [-0.1, -0.05) is 0 Å². The summed E-state index contributed by atoms with van der Waals surface area (Å²) in [7, 11) is 0. The summed E-state index contributed by atoms with van der Waals surface area (Å²) < 4.78 is 2.11. The predicted molar refractivity (Wildman–Crippen MR) is 72.2 cm³/mol. The first-order valence-corrected chi connectivity index (χ1v) is 6.40. The van der Waals surface area contributed by atoms with Crippen LogP contribution in [0.1, 0.15) is 29.9 Å². The molecular weight excluding hydrogens is 224 g/mol. The van der Waals surface area contributed by atoms with Gasteiger partial charge >= 0.3 is 0 Å². The molecule has 0 aliphatic heterocycles. The third kappa shape index (κ3) is 2.10. The highest BCUT2D eigenvalue weighted by Gasteiger charge is 2.23. The van der Waals surface area contributed by atoms with Gasteiger partial charge in [0.05, 0.1) is 17.1 Å². The molecule has 0 aromatic carbocycles. The molecule has 1 fully saturated rings. The van der Waals surface area contributed by atoms with E-state index in [0.29, 0.717) is 6.04 Å². The van der Waals surface area contributed by atoms with E-state index in [1.54, 1.807) is 0 Å². The molecule has 2 heterocycles. The number of anilines is 1. The molecule has 0 spiro atoms. The average molecular weight is 242 g/mol. The highest BCUT2D eigenvalue weighted by molar-refractivity contribution is 5.46. The third-order valence-corrected chi connectivity index (χ3v) is 3.19. The third-order valence-electron chi connectivity index (χ3n) is 3.19. The van der Waals surface area contributed by atoms with E-state index in [4.69, 9.17) is 0 Å². The van der Waals surface area contributed by atoms with Crippen LogP contribution in [0.25, 0.3) is 5.69 Å². The van der Waals surface area contributed by atoms with Crippen LogP contribution in [0.15, 0.2) is 18.3 Å². The van der Waals surface area contributed by atoms with Crippen molar-refractivity contribution in [1.29, 1.82) is 0 Å². The van der Waals surface area contributed by atoms with Crippen molar-refractivity contribution in [1.82, 2.24) is 14.5 Å². The Morgan fingerprint density at radius 1 is 1.11 bits per heavy atom. The molecular formula is C14H18N4. The molecule has 0 radical (unpaired) electrons. The van der Waals surface area contributed by atoms with Gasteiger partial charge in [-0.25, -0.2) is 4.98 Å². The van der Waals surface area contributed by atoms with Crippen LogP contribution >= 0.6 is 0 Å². The summed E-state index contributed by atoms with van der Waals surface area (Å²) in [5, 5.41) is 3.47. The Labute approximate surface area is 107 Å². The molecule has 0 unspecified atom stereocenters. The first-order valence-electron chi connectivity index (χ1n) is 6.40. The number of nitrogens with one attached hydrogen (secondary N) is 1. The SMILES string of the molecule is Cc1ccc(-n2cc(C)nc2NC2CC2)c(C)n1. The lowest BCUT2D eigenvalue weighted by molar-refractivity contribution is 0.967. The van der Waals surface area contributed by atoms with Gasteiger partial charge in [-0.2, -0.15) is 0 Å². The van der Waals surface area contributed by atoms with Crippen LogP contribution in [0.4, 0.5) is 5.95 Å². The van der Waals surface area contributed by atoms with Gasteiger partial charge in [0.2, 0.25) is 5.95 Å². The molecule has 2 aromatic rings. The first kappa shape index (κ1) is 11.3. The van der Waals surface area contributed by atoms with E-state index in [2.05, 4.69) is 32.1 Å². The van der Waals surface area contributed by atoms with Crippen molar-refractivity contribution in [3.63, 3.8) is 0 Å². The Balaban J connectivity index is 2.03. The van der Waals surface area contributed by atoms with E-state index in [0.717, 1.165) is 28.7 Å². The fourth-order valence-electron chi connectivity index (χ4n) is 2.13. The molecule has 3 rings (SSSR count). The smallest absolute Gasteiger partial charge is 0.208 e. The van der Waals surface area contributed by atoms with E-state index in [9.17, 15) is 0 Å². The molecule has 1 aliphatic carbocycles. The first-order chi connectivity index (χ1) is 8.63. The summed E-state index contributed by atoms with van der Waals surface area (Å²) in [6.45, 7) is 6.07. The Bertz CT molecular complexity index is 581. The summed E-state index contributed by atoms with van der Waals surface area (Å²) in [6, 6.07) is 4.75. The van der Waals surface area contributed by atoms with Gasteiger partial charge in [-0.15, -0.1) is 0 Å².